The molecule has 0 radical (unpaired) electrons. The van der Waals surface area contributed by atoms with Crippen LogP contribution in [-0.4, -0.2) is 22.2 Å². The van der Waals surface area contributed by atoms with Gasteiger partial charge in [-0.05, 0) is 30.7 Å². The van der Waals surface area contributed by atoms with Crippen LogP contribution in [0.15, 0.2) is 35.3 Å². The van der Waals surface area contributed by atoms with Crippen molar-refractivity contribution in [3.63, 3.8) is 0 Å². The van der Waals surface area contributed by atoms with Crippen LogP contribution >= 0.6 is 11.6 Å². The zero-order valence-electron chi connectivity index (χ0n) is 16.1. The molecule has 148 valence electrons. The Labute approximate surface area is 172 Å². The molecule has 1 aliphatic rings. The smallest absolute Gasteiger partial charge is 0.295 e. The van der Waals surface area contributed by atoms with Crippen LogP contribution in [-0.2, 0) is 7.05 Å². The molecule has 8 heteroatoms. The molecular formula is C21H20ClN5O2. The van der Waals surface area contributed by atoms with Crippen molar-refractivity contribution < 1.29 is 4.74 Å². The molecular weight excluding hydrogens is 390 g/mol. The number of hydrogen-bond acceptors (Lipinski definition) is 6. The van der Waals surface area contributed by atoms with Crippen LogP contribution in [0.25, 0.3) is 10.9 Å². The molecule has 0 saturated carbocycles. The highest BCUT2D eigenvalue weighted by molar-refractivity contribution is 6.31. The van der Waals surface area contributed by atoms with Crippen LogP contribution in [0.4, 0.5) is 17.1 Å². The van der Waals surface area contributed by atoms with Gasteiger partial charge in [0, 0.05) is 36.8 Å². The summed E-state index contributed by atoms with van der Waals surface area (Å²) in [5.41, 5.74) is 2.95. The lowest BCUT2D eigenvalue weighted by molar-refractivity contribution is 0.306. The van der Waals surface area contributed by atoms with E-state index in [0.29, 0.717) is 23.7 Å². The number of fused-ring (bicyclic) bond motifs is 3. The summed E-state index contributed by atoms with van der Waals surface area (Å²) in [5.74, 6) is 0.345. The van der Waals surface area contributed by atoms with Crippen molar-refractivity contribution in [2.45, 2.75) is 25.8 Å². The van der Waals surface area contributed by atoms with Crippen molar-refractivity contribution in [1.82, 2.24) is 9.55 Å². The van der Waals surface area contributed by atoms with Crippen molar-refractivity contribution in [1.29, 1.82) is 5.26 Å². The van der Waals surface area contributed by atoms with Gasteiger partial charge < -0.3 is 19.9 Å². The molecule has 4 rings (SSSR count). The summed E-state index contributed by atoms with van der Waals surface area (Å²) >= 11 is 6.04. The molecule has 1 atom stereocenters. The molecule has 3 heterocycles. The van der Waals surface area contributed by atoms with Crippen molar-refractivity contribution in [2.24, 2.45) is 7.05 Å². The van der Waals surface area contributed by atoms with Gasteiger partial charge in [0.15, 0.2) is 0 Å². The number of rotatable bonds is 3. The summed E-state index contributed by atoms with van der Waals surface area (Å²) in [5, 5.41) is 17.1. The average molecular weight is 410 g/mol. The van der Waals surface area contributed by atoms with E-state index >= 15 is 0 Å². The summed E-state index contributed by atoms with van der Waals surface area (Å²) in [6, 6.07) is 9.68. The summed E-state index contributed by atoms with van der Waals surface area (Å²) < 4.78 is 7.42. The zero-order chi connectivity index (χ0) is 20.5. The Morgan fingerprint density at radius 2 is 2.28 bits per heavy atom. The fraction of sp³-hybridized carbons (Fsp3) is 0.286. The molecule has 0 amide bonds. The fourth-order valence-corrected chi connectivity index (χ4v) is 3.76. The molecule has 7 nitrogen and oxygen atoms in total. The number of hydrogen-bond donors (Lipinski definition) is 2. The third kappa shape index (κ3) is 3.36. The van der Waals surface area contributed by atoms with E-state index in [9.17, 15) is 10.1 Å². The van der Waals surface area contributed by atoms with Crippen molar-refractivity contribution in [3.05, 3.63) is 51.5 Å². The molecule has 1 aliphatic heterocycles. The third-order valence-electron chi connectivity index (χ3n) is 5.20. The number of nitriles is 1. The number of aromatic nitrogens is 2. The Morgan fingerprint density at radius 1 is 1.45 bits per heavy atom. The lowest BCUT2D eigenvalue weighted by Crippen LogP contribution is -2.21. The van der Waals surface area contributed by atoms with E-state index in [1.54, 1.807) is 23.9 Å². The van der Waals surface area contributed by atoms with Crippen LogP contribution in [0.5, 0.6) is 5.75 Å². The van der Waals surface area contributed by atoms with Crippen molar-refractivity contribution in [2.75, 3.05) is 17.2 Å². The van der Waals surface area contributed by atoms with Gasteiger partial charge in [-0.1, -0.05) is 18.5 Å². The number of aryl methyl sites for hydroxylation is 1. The van der Waals surface area contributed by atoms with Gasteiger partial charge in [-0.25, -0.2) is 4.98 Å². The Morgan fingerprint density at radius 3 is 3.03 bits per heavy atom. The maximum Gasteiger partial charge on any atom is 0.295 e. The lowest BCUT2D eigenvalue weighted by Gasteiger charge is -2.18. The SMILES string of the molecule is CCC1CCOc2c(c3cc(Nc4ccnc(Cl)c4C#N)ccc3n(C)c2=O)N1. The number of anilines is 3. The quantitative estimate of drug-likeness (QED) is 0.630. The molecule has 3 aromatic rings. The standard InChI is InChI=1S/C21H20ClN5O2/c1-3-12-7-9-29-19-18(26-12)14-10-13(4-5-17(14)27(2)21(19)28)25-16-6-8-24-20(22)15(16)11-23/h4-6,8,10,12,26H,3,7,9H2,1-2H3,(H,24,25). The van der Waals surface area contributed by atoms with Crippen molar-refractivity contribution >= 4 is 39.6 Å². The minimum Gasteiger partial charge on any atom is -0.486 e. The molecule has 0 spiro atoms. The third-order valence-corrected chi connectivity index (χ3v) is 5.49. The highest BCUT2D eigenvalue weighted by atomic mass is 35.5. The van der Waals surface area contributed by atoms with E-state index in [-0.39, 0.29) is 22.3 Å². The van der Waals surface area contributed by atoms with Gasteiger partial charge in [0.2, 0.25) is 5.75 Å². The van der Waals surface area contributed by atoms with E-state index in [0.717, 1.165) is 29.4 Å². The summed E-state index contributed by atoms with van der Waals surface area (Å²) in [6.45, 7) is 2.60. The highest BCUT2D eigenvalue weighted by Crippen LogP contribution is 2.35. The van der Waals surface area contributed by atoms with Crippen LogP contribution in [0.2, 0.25) is 5.15 Å². The van der Waals surface area contributed by atoms with Gasteiger partial charge in [0.1, 0.15) is 16.8 Å². The largest absolute Gasteiger partial charge is 0.486 e. The number of nitrogens with zero attached hydrogens (tertiary/aromatic N) is 3. The molecule has 1 aromatic carbocycles. The maximum atomic E-state index is 12.8. The minimum absolute atomic E-state index is 0.149. The molecule has 0 bridgehead atoms. The Kier molecular flexibility index (Phi) is 5.03. The predicted octanol–water partition coefficient (Wildman–Crippen LogP) is 4.18. The fourth-order valence-electron chi connectivity index (χ4n) is 3.56. The van der Waals surface area contributed by atoms with Crippen LogP contribution in [0, 0.1) is 11.3 Å². The van der Waals surface area contributed by atoms with Gasteiger partial charge in [-0.3, -0.25) is 4.79 Å². The van der Waals surface area contributed by atoms with E-state index in [2.05, 4.69) is 28.6 Å². The zero-order valence-corrected chi connectivity index (χ0v) is 16.9. The second-order valence-corrected chi connectivity index (χ2v) is 7.31. The number of benzene rings is 1. The van der Waals surface area contributed by atoms with Gasteiger partial charge >= 0.3 is 0 Å². The number of pyridine rings is 2. The van der Waals surface area contributed by atoms with E-state index in [1.807, 2.05) is 18.2 Å². The first-order valence-electron chi connectivity index (χ1n) is 9.41. The molecule has 29 heavy (non-hydrogen) atoms. The average Bonchev–Trinajstić information content (AvgIpc) is 2.95. The second-order valence-electron chi connectivity index (χ2n) is 6.95. The molecule has 2 aromatic heterocycles. The molecule has 0 saturated heterocycles. The highest BCUT2D eigenvalue weighted by Gasteiger charge is 2.22. The van der Waals surface area contributed by atoms with E-state index in [4.69, 9.17) is 16.3 Å². The van der Waals surface area contributed by atoms with E-state index in [1.165, 1.54) is 0 Å². The molecule has 2 N–H and O–H groups in total. The minimum atomic E-state index is -0.162. The topological polar surface area (TPSA) is 92.0 Å². The molecule has 0 aliphatic carbocycles. The van der Waals surface area contributed by atoms with Crippen LogP contribution in [0.3, 0.4) is 0 Å². The Hall–Kier alpha value is -3.24. The van der Waals surface area contributed by atoms with Gasteiger partial charge in [0.05, 0.1) is 23.5 Å². The predicted molar refractivity (Wildman–Crippen MR) is 114 cm³/mol. The normalized spacial score (nSPS) is 15.6. The monoisotopic (exact) mass is 409 g/mol. The summed E-state index contributed by atoms with van der Waals surface area (Å²) in [6.07, 6.45) is 3.30. The first-order chi connectivity index (χ1) is 14.0. The Balaban J connectivity index is 1.87. The summed E-state index contributed by atoms with van der Waals surface area (Å²) in [7, 11) is 1.74. The van der Waals surface area contributed by atoms with Gasteiger partial charge in [-0.15, -0.1) is 0 Å². The lowest BCUT2D eigenvalue weighted by atomic mass is 10.1. The van der Waals surface area contributed by atoms with Crippen LogP contribution < -0.4 is 20.9 Å². The maximum absolute atomic E-state index is 12.8. The van der Waals surface area contributed by atoms with Gasteiger partial charge in [-0.2, -0.15) is 5.26 Å². The summed E-state index contributed by atoms with van der Waals surface area (Å²) in [4.78, 5) is 16.7. The first kappa shape index (κ1) is 19.1. The molecule has 1 unspecified atom stereocenters. The van der Waals surface area contributed by atoms with Gasteiger partial charge in [0.25, 0.3) is 5.56 Å². The second kappa shape index (κ2) is 7.64. The number of ether oxygens (including phenoxy) is 1. The number of nitrogens with one attached hydrogen (secondary N) is 2. The number of halogens is 1. The molecule has 0 fully saturated rings. The Bertz CT molecular complexity index is 1200. The van der Waals surface area contributed by atoms with Crippen molar-refractivity contribution in [3.8, 4) is 11.8 Å². The van der Waals surface area contributed by atoms with E-state index < -0.39 is 0 Å². The van der Waals surface area contributed by atoms with Crippen LogP contribution in [0.1, 0.15) is 25.3 Å². The first-order valence-corrected chi connectivity index (χ1v) is 9.79.